The van der Waals surface area contributed by atoms with Crippen LogP contribution in [-0.2, 0) is 0 Å². The monoisotopic (exact) mass is 343 g/mol. The summed E-state index contributed by atoms with van der Waals surface area (Å²) in [5.41, 5.74) is 9.39. The number of rotatable bonds is 3. The number of nitrogens with two attached hydrogens (primary N) is 1. The van der Waals surface area contributed by atoms with Crippen LogP contribution in [-0.4, -0.2) is 12.1 Å². The fourth-order valence-electron chi connectivity index (χ4n) is 2.19. The number of aromatic nitrogens is 1. The highest BCUT2D eigenvalue weighted by Gasteiger charge is 2.07. The number of pyridine rings is 1. The average molecular weight is 344 g/mol. The van der Waals surface area contributed by atoms with Crippen molar-refractivity contribution in [2.75, 3.05) is 18.2 Å². The van der Waals surface area contributed by atoms with Crippen molar-refractivity contribution in [3.8, 4) is 5.75 Å². The van der Waals surface area contributed by atoms with Crippen molar-refractivity contribution in [3.63, 3.8) is 0 Å². The summed E-state index contributed by atoms with van der Waals surface area (Å²) in [6.07, 6.45) is 1.76. The number of hydrogen-bond acceptors (Lipinski definition) is 4. The molecular formula is C16H14BrN3O. The van der Waals surface area contributed by atoms with Gasteiger partial charge in [0, 0.05) is 29.0 Å². The van der Waals surface area contributed by atoms with Crippen molar-refractivity contribution in [2.45, 2.75) is 0 Å². The smallest absolute Gasteiger partial charge is 0.135 e. The first-order chi connectivity index (χ1) is 10.2. The Hall–Kier alpha value is -2.27. The molecule has 0 aliphatic heterocycles. The van der Waals surface area contributed by atoms with E-state index in [2.05, 4.69) is 26.2 Å². The molecule has 4 nitrogen and oxygen atoms in total. The van der Waals surface area contributed by atoms with Crippen LogP contribution in [0.5, 0.6) is 5.75 Å². The highest BCUT2D eigenvalue weighted by atomic mass is 79.9. The molecule has 3 N–H and O–H groups in total. The third-order valence-electron chi connectivity index (χ3n) is 3.23. The number of ether oxygens (including phenoxy) is 1. The molecule has 0 atom stereocenters. The van der Waals surface area contributed by atoms with Crippen LogP contribution >= 0.6 is 15.9 Å². The van der Waals surface area contributed by atoms with Gasteiger partial charge in [0.05, 0.1) is 22.8 Å². The van der Waals surface area contributed by atoms with Crippen LogP contribution < -0.4 is 15.8 Å². The van der Waals surface area contributed by atoms with Crippen molar-refractivity contribution in [1.82, 2.24) is 4.98 Å². The molecule has 0 unspecified atom stereocenters. The van der Waals surface area contributed by atoms with E-state index in [9.17, 15) is 0 Å². The van der Waals surface area contributed by atoms with Gasteiger partial charge in [0.25, 0.3) is 0 Å². The topological polar surface area (TPSA) is 60.2 Å². The molecule has 2 aromatic carbocycles. The number of methoxy groups -OCH3 is 1. The number of hydrogen-bond donors (Lipinski definition) is 2. The third-order valence-corrected chi connectivity index (χ3v) is 3.89. The second-order valence-corrected chi connectivity index (χ2v) is 5.43. The number of nitrogens with one attached hydrogen (secondary N) is 1. The zero-order chi connectivity index (χ0) is 14.8. The van der Waals surface area contributed by atoms with Crippen LogP contribution in [0, 0.1) is 0 Å². The van der Waals surface area contributed by atoms with E-state index in [1.165, 1.54) is 0 Å². The highest BCUT2D eigenvalue weighted by molar-refractivity contribution is 9.10. The van der Waals surface area contributed by atoms with Crippen LogP contribution in [0.4, 0.5) is 17.1 Å². The summed E-state index contributed by atoms with van der Waals surface area (Å²) < 4.78 is 6.22. The van der Waals surface area contributed by atoms with Crippen molar-refractivity contribution < 1.29 is 4.74 Å². The Bertz CT molecular complexity index is 805. The van der Waals surface area contributed by atoms with Gasteiger partial charge in [-0.1, -0.05) is 0 Å². The molecule has 3 aromatic rings. The number of fused-ring (bicyclic) bond motifs is 1. The van der Waals surface area contributed by atoms with Crippen LogP contribution in [0.25, 0.3) is 10.9 Å². The summed E-state index contributed by atoms with van der Waals surface area (Å²) in [6.45, 7) is 0. The number of nitrogens with zero attached hydrogens (tertiary/aromatic N) is 1. The first-order valence-corrected chi connectivity index (χ1v) is 7.22. The first-order valence-electron chi connectivity index (χ1n) is 6.43. The lowest BCUT2D eigenvalue weighted by Crippen LogP contribution is -1.96. The van der Waals surface area contributed by atoms with Gasteiger partial charge in [-0.3, -0.25) is 4.98 Å². The minimum atomic E-state index is 0.719. The molecule has 3 rings (SSSR count). The maximum Gasteiger partial charge on any atom is 0.135 e. The van der Waals surface area contributed by atoms with Crippen molar-refractivity contribution in [2.24, 2.45) is 0 Å². The molecular weight excluding hydrogens is 330 g/mol. The molecule has 0 fully saturated rings. The number of anilines is 3. The highest BCUT2D eigenvalue weighted by Crippen LogP contribution is 2.32. The summed E-state index contributed by atoms with van der Waals surface area (Å²) in [7, 11) is 1.64. The van der Waals surface area contributed by atoms with Crippen LogP contribution in [0.2, 0.25) is 0 Å². The molecule has 5 heteroatoms. The quantitative estimate of drug-likeness (QED) is 0.694. The Labute approximate surface area is 131 Å². The van der Waals surface area contributed by atoms with Gasteiger partial charge < -0.3 is 15.8 Å². The normalized spacial score (nSPS) is 10.6. The first kappa shape index (κ1) is 13.7. The van der Waals surface area contributed by atoms with E-state index in [0.29, 0.717) is 0 Å². The lowest BCUT2D eigenvalue weighted by Gasteiger charge is -2.12. The number of nitrogen functional groups attached to an aromatic ring is 1. The van der Waals surface area contributed by atoms with E-state index in [4.69, 9.17) is 10.5 Å². The van der Waals surface area contributed by atoms with Gasteiger partial charge in [0.2, 0.25) is 0 Å². The van der Waals surface area contributed by atoms with Crippen molar-refractivity contribution >= 4 is 43.9 Å². The summed E-state index contributed by atoms with van der Waals surface area (Å²) in [5.74, 6) is 0.771. The van der Waals surface area contributed by atoms with Crippen molar-refractivity contribution in [1.29, 1.82) is 0 Å². The molecule has 0 aliphatic carbocycles. The Kier molecular flexibility index (Phi) is 3.66. The molecule has 0 aliphatic rings. The molecule has 106 valence electrons. The molecule has 0 amide bonds. The Morgan fingerprint density at radius 2 is 2.05 bits per heavy atom. The van der Waals surface area contributed by atoms with Gasteiger partial charge in [0.15, 0.2) is 0 Å². The zero-order valence-electron chi connectivity index (χ0n) is 11.4. The van der Waals surface area contributed by atoms with Gasteiger partial charge in [-0.25, -0.2) is 0 Å². The number of halogens is 1. The summed E-state index contributed by atoms with van der Waals surface area (Å²) in [6, 6.07) is 13.5. The third kappa shape index (κ3) is 2.64. The van der Waals surface area contributed by atoms with E-state index >= 15 is 0 Å². The predicted molar refractivity (Wildman–Crippen MR) is 90.1 cm³/mol. The molecule has 0 spiro atoms. The Balaban J connectivity index is 2.04. The molecule has 0 radical (unpaired) electrons. The van der Waals surface area contributed by atoms with Crippen LogP contribution in [0.3, 0.4) is 0 Å². The zero-order valence-corrected chi connectivity index (χ0v) is 13.0. The van der Waals surface area contributed by atoms with Gasteiger partial charge >= 0.3 is 0 Å². The standard InChI is InChI=1S/C16H14BrN3O/c1-21-15-9-10(4-5-12(15)17)20-14-7-6-13(18)11-3-2-8-19-16(11)14/h2-9,20H,18H2,1H3. The van der Waals surface area contributed by atoms with E-state index in [1.54, 1.807) is 13.3 Å². The largest absolute Gasteiger partial charge is 0.495 e. The molecule has 1 aromatic heterocycles. The second kappa shape index (κ2) is 5.61. The van der Waals surface area contributed by atoms with Gasteiger partial charge in [-0.05, 0) is 52.3 Å². The van der Waals surface area contributed by atoms with Gasteiger partial charge in [0.1, 0.15) is 5.75 Å². The van der Waals surface area contributed by atoms with Crippen molar-refractivity contribution in [3.05, 3.63) is 53.1 Å². The molecule has 0 saturated carbocycles. The maximum atomic E-state index is 5.99. The van der Waals surface area contributed by atoms with Gasteiger partial charge in [-0.2, -0.15) is 0 Å². The molecule has 21 heavy (non-hydrogen) atoms. The lowest BCUT2D eigenvalue weighted by molar-refractivity contribution is 0.412. The van der Waals surface area contributed by atoms with E-state index < -0.39 is 0 Å². The summed E-state index contributed by atoms with van der Waals surface area (Å²) in [5, 5.41) is 4.29. The van der Waals surface area contributed by atoms with Crippen LogP contribution in [0.1, 0.15) is 0 Å². The molecule has 0 bridgehead atoms. The van der Waals surface area contributed by atoms with E-state index in [1.807, 2.05) is 42.5 Å². The Morgan fingerprint density at radius 3 is 2.86 bits per heavy atom. The molecule has 1 heterocycles. The van der Waals surface area contributed by atoms with Crippen LogP contribution in [0.15, 0.2) is 53.1 Å². The average Bonchev–Trinajstić information content (AvgIpc) is 2.52. The summed E-state index contributed by atoms with van der Waals surface area (Å²) in [4.78, 5) is 4.42. The lowest BCUT2D eigenvalue weighted by atomic mass is 10.1. The predicted octanol–water partition coefficient (Wildman–Crippen LogP) is 4.33. The molecule has 0 saturated heterocycles. The minimum Gasteiger partial charge on any atom is -0.495 e. The SMILES string of the molecule is COc1cc(Nc2ccc(N)c3cccnc23)ccc1Br. The minimum absolute atomic E-state index is 0.719. The van der Waals surface area contributed by atoms with E-state index in [-0.39, 0.29) is 0 Å². The number of benzene rings is 2. The second-order valence-electron chi connectivity index (χ2n) is 4.58. The van der Waals surface area contributed by atoms with Gasteiger partial charge in [-0.15, -0.1) is 0 Å². The maximum absolute atomic E-state index is 5.99. The fraction of sp³-hybridized carbons (Fsp3) is 0.0625. The summed E-state index contributed by atoms with van der Waals surface area (Å²) >= 11 is 3.44. The fourth-order valence-corrected chi connectivity index (χ4v) is 2.60. The Morgan fingerprint density at radius 1 is 1.19 bits per heavy atom. The van der Waals surface area contributed by atoms with E-state index in [0.717, 1.165) is 38.2 Å².